The number of anilines is 1. The molecule has 15 heavy (non-hydrogen) atoms. The SMILES string of the molecule is Nc1c(F)c(F)c([C@H](N)CO)c(F)c1F. The standard InChI is InChI=1S/C8H8F4N2O/c9-4-3(2(13)1-15)5(10)7(12)8(14)6(4)11/h2,15H,1,13-14H2/t2-/m1/s1. The van der Waals surface area contributed by atoms with E-state index < -0.39 is 47.2 Å². The Bertz CT molecular complexity index is 368. The summed E-state index contributed by atoms with van der Waals surface area (Å²) >= 11 is 0. The first-order valence-corrected chi connectivity index (χ1v) is 3.89. The van der Waals surface area contributed by atoms with Crippen LogP contribution >= 0.6 is 0 Å². The van der Waals surface area contributed by atoms with E-state index in [0.29, 0.717) is 0 Å². The molecule has 84 valence electrons. The first kappa shape index (κ1) is 11.7. The predicted octanol–water partition coefficient (Wildman–Crippen LogP) is 0.817. The van der Waals surface area contributed by atoms with Crippen molar-refractivity contribution in [2.24, 2.45) is 5.73 Å². The van der Waals surface area contributed by atoms with Crippen LogP contribution in [0.1, 0.15) is 11.6 Å². The maximum Gasteiger partial charge on any atom is 0.185 e. The van der Waals surface area contributed by atoms with E-state index in [1.807, 2.05) is 0 Å². The third-order valence-electron chi connectivity index (χ3n) is 1.90. The molecule has 0 saturated carbocycles. The van der Waals surface area contributed by atoms with Crippen molar-refractivity contribution in [3.05, 3.63) is 28.8 Å². The van der Waals surface area contributed by atoms with Gasteiger partial charge in [-0.3, -0.25) is 0 Å². The van der Waals surface area contributed by atoms with Crippen molar-refractivity contribution in [2.75, 3.05) is 12.3 Å². The molecule has 0 aliphatic heterocycles. The van der Waals surface area contributed by atoms with Crippen molar-refractivity contribution in [1.29, 1.82) is 0 Å². The van der Waals surface area contributed by atoms with Crippen LogP contribution in [0.2, 0.25) is 0 Å². The molecule has 0 unspecified atom stereocenters. The van der Waals surface area contributed by atoms with Crippen molar-refractivity contribution in [1.82, 2.24) is 0 Å². The Kier molecular flexibility index (Phi) is 3.15. The number of halogens is 4. The summed E-state index contributed by atoms with van der Waals surface area (Å²) in [5.74, 6) is -6.80. The number of rotatable bonds is 2. The van der Waals surface area contributed by atoms with E-state index in [4.69, 9.17) is 16.6 Å². The van der Waals surface area contributed by atoms with Crippen LogP contribution < -0.4 is 11.5 Å². The Labute approximate surface area is 82.3 Å². The topological polar surface area (TPSA) is 72.3 Å². The smallest absolute Gasteiger partial charge is 0.185 e. The van der Waals surface area contributed by atoms with Crippen molar-refractivity contribution in [3.63, 3.8) is 0 Å². The summed E-state index contributed by atoms with van der Waals surface area (Å²) in [7, 11) is 0. The largest absolute Gasteiger partial charge is 0.394 e. The Balaban J connectivity index is 3.52. The molecule has 0 spiro atoms. The molecule has 1 rings (SSSR count). The summed E-state index contributed by atoms with van der Waals surface area (Å²) in [4.78, 5) is 0. The average molecular weight is 224 g/mol. The van der Waals surface area contributed by atoms with Gasteiger partial charge < -0.3 is 16.6 Å². The summed E-state index contributed by atoms with van der Waals surface area (Å²) in [5.41, 5.74) is 7.54. The van der Waals surface area contributed by atoms with Crippen LogP contribution in [0.4, 0.5) is 23.2 Å². The molecular weight excluding hydrogens is 216 g/mol. The minimum absolute atomic E-state index is 0.851. The number of nitrogens with two attached hydrogens (primary N) is 2. The molecule has 0 saturated heterocycles. The normalized spacial score (nSPS) is 12.9. The summed E-state index contributed by atoms with van der Waals surface area (Å²) in [5, 5.41) is 8.55. The van der Waals surface area contributed by atoms with Gasteiger partial charge in [0.25, 0.3) is 0 Å². The Morgan fingerprint density at radius 2 is 1.40 bits per heavy atom. The van der Waals surface area contributed by atoms with Gasteiger partial charge in [0.2, 0.25) is 0 Å². The second-order valence-corrected chi connectivity index (χ2v) is 2.87. The highest BCUT2D eigenvalue weighted by atomic mass is 19.2. The third kappa shape index (κ3) is 1.75. The Hall–Kier alpha value is -1.34. The van der Waals surface area contributed by atoms with Gasteiger partial charge in [0, 0.05) is 5.56 Å². The van der Waals surface area contributed by atoms with Gasteiger partial charge in [-0.25, -0.2) is 17.6 Å². The zero-order valence-corrected chi connectivity index (χ0v) is 7.40. The fourth-order valence-electron chi connectivity index (χ4n) is 1.08. The molecule has 5 N–H and O–H groups in total. The lowest BCUT2D eigenvalue weighted by molar-refractivity contribution is 0.259. The fraction of sp³-hybridized carbons (Fsp3) is 0.250. The molecule has 3 nitrogen and oxygen atoms in total. The van der Waals surface area contributed by atoms with Crippen LogP contribution in [0.3, 0.4) is 0 Å². The van der Waals surface area contributed by atoms with E-state index in [1.165, 1.54) is 0 Å². The van der Waals surface area contributed by atoms with Gasteiger partial charge >= 0.3 is 0 Å². The molecule has 1 aromatic carbocycles. The molecule has 0 fully saturated rings. The summed E-state index contributed by atoms with van der Waals surface area (Å²) in [6.45, 7) is -0.851. The minimum Gasteiger partial charge on any atom is -0.394 e. The number of nitrogen functional groups attached to an aromatic ring is 1. The van der Waals surface area contributed by atoms with E-state index in [9.17, 15) is 17.6 Å². The lowest BCUT2D eigenvalue weighted by Crippen LogP contribution is -2.20. The van der Waals surface area contributed by atoms with Gasteiger partial charge in [-0.15, -0.1) is 0 Å². The van der Waals surface area contributed by atoms with Crippen molar-refractivity contribution in [3.8, 4) is 0 Å². The van der Waals surface area contributed by atoms with Gasteiger partial charge in [-0.05, 0) is 0 Å². The molecule has 7 heteroatoms. The molecule has 0 bridgehead atoms. The highest BCUT2D eigenvalue weighted by Gasteiger charge is 2.26. The third-order valence-corrected chi connectivity index (χ3v) is 1.90. The van der Waals surface area contributed by atoms with Crippen LogP contribution in [0.25, 0.3) is 0 Å². The molecule has 0 amide bonds. The van der Waals surface area contributed by atoms with Gasteiger partial charge in [-0.1, -0.05) is 0 Å². The Morgan fingerprint density at radius 3 is 1.73 bits per heavy atom. The van der Waals surface area contributed by atoms with E-state index in [0.717, 1.165) is 0 Å². The molecular formula is C8H8F4N2O. The zero-order valence-electron chi connectivity index (χ0n) is 7.40. The van der Waals surface area contributed by atoms with E-state index in [1.54, 1.807) is 0 Å². The summed E-state index contributed by atoms with van der Waals surface area (Å²) in [6.07, 6.45) is 0. The van der Waals surface area contributed by atoms with E-state index in [2.05, 4.69) is 0 Å². The maximum absolute atomic E-state index is 13.1. The van der Waals surface area contributed by atoms with E-state index >= 15 is 0 Å². The Morgan fingerprint density at radius 1 is 1.00 bits per heavy atom. The highest BCUT2D eigenvalue weighted by Crippen LogP contribution is 2.28. The van der Waals surface area contributed by atoms with Crippen molar-refractivity contribution >= 4 is 5.69 Å². The average Bonchev–Trinajstić information content (AvgIpc) is 2.23. The lowest BCUT2D eigenvalue weighted by Gasteiger charge is -2.13. The van der Waals surface area contributed by atoms with Crippen LogP contribution in [-0.2, 0) is 0 Å². The van der Waals surface area contributed by atoms with Gasteiger partial charge in [0.05, 0.1) is 12.6 Å². The first-order valence-electron chi connectivity index (χ1n) is 3.89. The van der Waals surface area contributed by atoms with Crippen LogP contribution in [0.15, 0.2) is 0 Å². The molecule has 0 heterocycles. The minimum atomic E-state index is -1.71. The molecule has 0 radical (unpaired) electrons. The number of hydrogen-bond acceptors (Lipinski definition) is 3. The second kappa shape index (κ2) is 4.03. The van der Waals surface area contributed by atoms with E-state index in [-0.39, 0.29) is 0 Å². The monoisotopic (exact) mass is 224 g/mol. The van der Waals surface area contributed by atoms with Crippen LogP contribution in [0.5, 0.6) is 0 Å². The molecule has 0 aliphatic rings. The van der Waals surface area contributed by atoms with Crippen LogP contribution in [-0.4, -0.2) is 11.7 Å². The highest BCUT2D eigenvalue weighted by molar-refractivity contribution is 5.46. The first-order chi connectivity index (χ1) is 6.91. The summed E-state index contributed by atoms with van der Waals surface area (Å²) < 4.78 is 51.9. The number of aliphatic hydroxyl groups excluding tert-OH is 1. The van der Waals surface area contributed by atoms with Gasteiger partial charge in [0.1, 0.15) is 5.69 Å². The molecule has 0 aromatic heterocycles. The maximum atomic E-state index is 13.1. The lowest BCUT2D eigenvalue weighted by atomic mass is 10.1. The quantitative estimate of drug-likeness (QED) is 0.395. The number of aliphatic hydroxyl groups is 1. The van der Waals surface area contributed by atoms with Crippen molar-refractivity contribution in [2.45, 2.75) is 6.04 Å². The zero-order chi connectivity index (χ0) is 11.7. The fourth-order valence-corrected chi connectivity index (χ4v) is 1.08. The molecule has 1 aromatic rings. The number of benzene rings is 1. The molecule has 1 atom stereocenters. The van der Waals surface area contributed by atoms with Crippen molar-refractivity contribution < 1.29 is 22.7 Å². The second-order valence-electron chi connectivity index (χ2n) is 2.87. The summed E-state index contributed by atoms with van der Waals surface area (Å²) in [6, 6.07) is -1.55. The number of hydrogen-bond donors (Lipinski definition) is 3. The van der Waals surface area contributed by atoms with Gasteiger partial charge in [0.15, 0.2) is 23.3 Å². The van der Waals surface area contributed by atoms with Gasteiger partial charge in [-0.2, -0.15) is 0 Å². The van der Waals surface area contributed by atoms with Crippen LogP contribution in [0, 0.1) is 23.3 Å². The molecule has 0 aliphatic carbocycles. The predicted molar refractivity (Wildman–Crippen MR) is 44.7 cm³/mol.